The second-order valence-corrected chi connectivity index (χ2v) is 5.52. The normalized spacial score (nSPS) is 12.7. The molecule has 2 aromatic heterocycles. The first-order valence-electron chi connectivity index (χ1n) is 6.81. The zero-order valence-corrected chi connectivity index (χ0v) is 12.7. The second kappa shape index (κ2) is 5.53. The lowest BCUT2D eigenvalue weighted by molar-refractivity contribution is 0.0921. The maximum absolute atomic E-state index is 12.4. The second-order valence-electron chi connectivity index (χ2n) is 5.52. The van der Waals surface area contributed by atoms with Crippen LogP contribution in [0.2, 0.25) is 0 Å². The molecule has 0 aliphatic heterocycles. The van der Waals surface area contributed by atoms with Crippen molar-refractivity contribution in [3.05, 3.63) is 41.7 Å². The van der Waals surface area contributed by atoms with Crippen LogP contribution in [0.5, 0.6) is 0 Å². The summed E-state index contributed by atoms with van der Waals surface area (Å²) < 4.78 is 3.89. The van der Waals surface area contributed by atoms with Crippen LogP contribution in [0.15, 0.2) is 24.7 Å². The summed E-state index contributed by atoms with van der Waals surface area (Å²) in [6, 6.07) is 1.75. The zero-order chi connectivity index (χ0) is 14.9. The number of rotatable bonds is 4. The molecule has 2 aromatic rings. The molecule has 0 aliphatic rings. The fourth-order valence-electron chi connectivity index (χ4n) is 2.27. The van der Waals surface area contributed by atoms with Crippen LogP contribution < -0.4 is 5.32 Å². The topological polar surface area (TPSA) is 51.9 Å². The number of nitrogens with one attached hydrogen (secondary N) is 1. The van der Waals surface area contributed by atoms with Gasteiger partial charge in [-0.05, 0) is 18.9 Å². The maximum Gasteiger partial charge on any atom is 0.253 e. The number of hydrogen-bond donors (Lipinski definition) is 1. The van der Waals surface area contributed by atoms with E-state index in [-0.39, 0.29) is 17.9 Å². The molecule has 0 aliphatic carbocycles. The van der Waals surface area contributed by atoms with Crippen LogP contribution in [0.4, 0.5) is 0 Å². The van der Waals surface area contributed by atoms with Crippen molar-refractivity contribution in [2.24, 2.45) is 20.0 Å². The molecule has 0 saturated heterocycles. The average Bonchev–Trinajstić information content (AvgIpc) is 2.94. The van der Waals surface area contributed by atoms with Crippen LogP contribution >= 0.6 is 0 Å². The third-order valence-corrected chi connectivity index (χ3v) is 3.72. The monoisotopic (exact) mass is 274 g/mol. The summed E-state index contributed by atoms with van der Waals surface area (Å²) in [6.45, 7) is 6.11. The Morgan fingerprint density at radius 3 is 2.40 bits per heavy atom. The Balaban J connectivity index is 2.24. The van der Waals surface area contributed by atoms with Crippen molar-refractivity contribution >= 4 is 5.91 Å². The number of aromatic nitrogens is 3. The summed E-state index contributed by atoms with van der Waals surface area (Å²) in [7, 11) is 3.88. The summed E-state index contributed by atoms with van der Waals surface area (Å²) in [5.74, 6) is 1.09. The minimum absolute atomic E-state index is 0.0511. The van der Waals surface area contributed by atoms with Crippen molar-refractivity contribution in [1.82, 2.24) is 19.4 Å². The third-order valence-electron chi connectivity index (χ3n) is 3.72. The summed E-state index contributed by atoms with van der Waals surface area (Å²) in [6.07, 6.45) is 5.55. The third kappa shape index (κ3) is 2.61. The number of carbonyl (C=O) groups excluding carboxylic acids is 1. The molecule has 1 N–H and O–H groups in total. The smallest absolute Gasteiger partial charge is 0.253 e. The Morgan fingerprint density at radius 2 is 1.95 bits per heavy atom. The van der Waals surface area contributed by atoms with Gasteiger partial charge in [0.05, 0.1) is 11.6 Å². The first-order chi connectivity index (χ1) is 9.41. The van der Waals surface area contributed by atoms with E-state index in [0.717, 1.165) is 11.5 Å². The van der Waals surface area contributed by atoms with Gasteiger partial charge >= 0.3 is 0 Å². The average molecular weight is 274 g/mol. The number of amides is 1. The van der Waals surface area contributed by atoms with Gasteiger partial charge in [0.1, 0.15) is 5.82 Å². The van der Waals surface area contributed by atoms with Crippen LogP contribution in [0.25, 0.3) is 0 Å². The molecule has 5 heteroatoms. The summed E-state index contributed by atoms with van der Waals surface area (Å²) in [5.41, 5.74) is 1.68. The standard InChI is InChI=1S/C15H22N4O/c1-10(2)13(14-16-7-9-19(14)5)17-15(20)12-6-8-18(4)11(12)3/h6-10,13H,1-5H3,(H,17,20). The molecule has 5 nitrogen and oxygen atoms in total. The van der Waals surface area contributed by atoms with Gasteiger partial charge in [0.25, 0.3) is 5.91 Å². The molecule has 0 saturated carbocycles. The Hall–Kier alpha value is -2.04. The molecule has 0 spiro atoms. The van der Waals surface area contributed by atoms with E-state index in [1.165, 1.54) is 0 Å². The van der Waals surface area contributed by atoms with Crippen LogP contribution in [0.1, 0.15) is 41.8 Å². The van der Waals surface area contributed by atoms with Crippen LogP contribution in [0.3, 0.4) is 0 Å². The molecular weight excluding hydrogens is 252 g/mol. The number of nitrogens with zero attached hydrogens (tertiary/aromatic N) is 3. The van der Waals surface area contributed by atoms with Gasteiger partial charge in [-0.1, -0.05) is 13.8 Å². The molecule has 20 heavy (non-hydrogen) atoms. The van der Waals surface area contributed by atoms with Gasteiger partial charge < -0.3 is 14.5 Å². The SMILES string of the molecule is Cc1c(C(=O)NC(c2nccn2C)C(C)C)ccn1C. The fraction of sp³-hybridized carbons (Fsp3) is 0.467. The van der Waals surface area contributed by atoms with Gasteiger partial charge in [-0.2, -0.15) is 0 Å². The summed E-state index contributed by atoms with van der Waals surface area (Å²) >= 11 is 0. The van der Waals surface area contributed by atoms with Crippen LogP contribution in [-0.2, 0) is 14.1 Å². The highest BCUT2D eigenvalue weighted by molar-refractivity contribution is 5.95. The van der Waals surface area contributed by atoms with Crippen molar-refractivity contribution in [3.63, 3.8) is 0 Å². The van der Waals surface area contributed by atoms with Crippen LogP contribution in [0, 0.1) is 12.8 Å². The Labute approximate surface area is 119 Å². The van der Waals surface area contributed by atoms with Gasteiger partial charge in [-0.15, -0.1) is 0 Å². The zero-order valence-electron chi connectivity index (χ0n) is 12.7. The molecule has 2 heterocycles. The Bertz CT molecular complexity index is 609. The predicted octanol–water partition coefficient (Wildman–Crippen LogP) is 2.19. The molecule has 0 fully saturated rings. The molecular formula is C15H22N4O. The molecule has 1 amide bonds. The number of hydrogen-bond acceptors (Lipinski definition) is 2. The molecule has 1 unspecified atom stereocenters. The van der Waals surface area contributed by atoms with Gasteiger partial charge in [0, 0.05) is 38.4 Å². The molecule has 2 rings (SSSR count). The molecule has 1 atom stereocenters. The minimum atomic E-state index is -0.0953. The van der Waals surface area contributed by atoms with Gasteiger partial charge in [0.15, 0.2) is 0 Å². The predicted molar refractivity (Wildman–Crippen MR) is 78.4 cm³/mol. The van der Waals surface area contributed by atoms with E-state index in [9.17, 15) is 4.79 Å². The molecule has 0 radical (unpaired) electrons. The van der Waals surface area contributed by atoms with Crippen molar-refractivity contribution in [3.8, 4) is 0 Å². The highest BCUT2D eigenvalue weighted by Crippen LogP contribution is 2.21. The minimum Gasteiger partial charge on any atom is -0.354 e. The summed E-state index contributed by atoms with van der Waals surface area (Å²) in [4.78, 5) is 16.8. The van der Waals surface area contributed by atoms with Gasteiger partial charge in [-0.3, -0.25) is 4.79 Å². The lowest BCUT2D eigenvalue weighted by Crippen LogP contribution is -2.33. The fourth-order valence-corrected chi connectivity index (χ4v) is 2.27. The largest absolute Gasteiger partial charge is 0.354 e. The van der Waals surface area contributed by atoms with E-state index >= 15 is 0 Å². The molecule has 0 bridgehead atoms. The highest BCUT2D eigenvalue weighted by atomic mass is 16.1. The van der Waals surface area contributed by atoms with E-state index in [4.69, 9.17) is 0 Å². The van der Waals surface area contributed by atoms with E-state index in [1.54, 1.807) is 6.20 Å². The van der Waals surface area contributed by atoms with Crippen molar-refractivity contribution in [1.29, 1.82) is 0 Å². The lowest BCUT2D eigenvalue weighted by Gasteiger charge is -2.22. The van der Waals surface area contributed by atoms with E-state index in [2.05, 4.69) is 24.1 Å². The van der Waals surface area contributed by atoms with E-state index in [0.29, 0.717) is 5.56 Å². The Morgan fingerprint density at radius 1 is 1.25 bits per heavy atom. The number of aryl methyl sites for hydroxylation is 2. The number of carbonyl (C=O) groups is 1. The van der Waals surface area contributed by atoms with Crippen molar-refractivity contribution in [2.75, 3.05) is 0 Å². The van der Waals surface area contributed by atoms with Gasteiger partial charge in [0.2, 0.25) is 0 Å². The number of imidazole rings is 1. The molecule has 0 aromatic carbocycles. The maximum atomic E-state index is 12.4. The summed E-state index contributed by atoms with van der Waals surface area (Å²) in [5, 5.41) is 3.09. The Kier molecular flexibility index (Phi) is 3.97. The van der Waals surface area contributed by atoms with Crippen LogP contribution in [-0.4, -0.2) is 20.0 Å². The molecule has 108 valence electrons. The van der Waals surface area contributed by atoms with Crippen molar-refractivity contribution < 1.29 is 4.79 Å². The van der Waals surface area contributed by atoms with E-state index < -0.39 is 0 Å². The highest BCUT2D eigenvalue weighted by Gasteiger charge is 2.23. The first-order valence-corrected chi connectivity index (χ1v) is 6.81. The van der Waals surface area contributed by atoms with E-state index in [1.807, 2.05) is 48.6 Å². The first kappa shape index (κ1) is 14.4. The lowest BCUT2D eigenvalue weighted by atomic mass is 10.0. The quantitative estimate of drug-likeness (QED) is 0.929. The van der Waals surface area contributed by atoms with Crippen molar-refractivity contribution in [2.45, 2.75) is 26.8 Å². The van der Waals surface area contributed by atoms with Gasteiger partial charge in [-0.25, -0.2) is 4.98 Å².